The van der Waals surface area contributed by atoms with Crippen molar-refractivity contribution in [3.63, 3.8) is 0 Å². The molecule has 2 aromatic carbocycles. The van der Waals surface area contributed by atoms with Crippen molar-refractivity contribution in [2.45, 2.75) is 6.54 Å². The molecule has 3 aromatic heterocycles. The number of aromatic nitrogens is 6. The molecule has 0 spiro atoms. The molecule has 5 aromatic rings. The summed E-state index contributed by atoms with van der Waals surface area (Å²) in [7, 11) is 0. The molecule has 1 aliphatic heterocycles. The Morgan fingerprint density at radius 2 is 1.77 bits per heavy atom. The van der Waals surface area contributed by atoms with E-state index in [0.717, 1.165) is 35.2 Å². The number of carboxylic acids is 1. The standard InChI is InChI=1S/C24H22N8O3/c33-16-6-4-15(5-7-16)30-8-10-31(11-9-30)24-27-21(17-2-1-3-19-18(17)12-26-29-19)22-23(28-24)32(14-25-22)13-20(34)35/h1-7,12,14,33H,8-11,13H2,(H,26,29)(H,34,35). The highest BCUT2D eigenvalue weighted by Gasteiger charge is 2.24. The molecule has 0 atom stereocenters. The van der Waals surface area contributed by atoms with Crippen LogP contribution in [0.3, 0.4) is 0 Å². The van der Waals surface area contributed by atoms with Gasteiger partial charge in [-0.2, -0.15) is 10.1 Å². The van der Waals surface area contributed by atoms with Crippen molar-refractivity contribution < 1.29 is 15.0 Å². The fraction of sp³-hybridized carbons (Fsp3) is 0.208. The number of aliphatic carboxylic acids is 1. The van der Waals surface area contributed by atoms with Crippen molar-refractivity contribution in [1.29, 1.82) is 0 Å². The average molecular weight is 470 g/mol. The monoisotopic (exact) mass is 470 g/mol. The summed E-state index contributed by atoms with van der Waals surface area (Å²) >= 11 is 0. The Morgan fingerprint density at radius 1 is 1.00 bits per heavy atom. The molecular formula is C24H22N8O3. The topological polar surface area (TPSA) is 136 Å². The van der Waals surface area contributed by atoms with E-state index in [1.807, 2.05) is 30.3 Å². The number of nitrogens with one attached hydrogen (secondary N) is 1. The van der Waals surface area contributed by atoms with Gasteiger partial charge >= 0.3 is 5.97 Å². The largest absolute Gasteiger partial charge is 0.508 e. The van der Waals surface area contributed by atoms with Gasteiger partial charge in [-0.25, -0.2) is 9.97 Å². The van der Waals surface area contributed by atoms with Gasteiger partial charge in [-0.05, 0) is 30.3 Å². The summed E-state index contributed by atoms with van der Waals surface area (Å²) in [6, 6.07) is 13.0. The molecule has 0 amide bonds. The van der Waals surface area contributed by atoms with Crippen molar-refractivity contribution in [3.8, 4) is 17.0 Å². The lowest BCUT2D eigenvalue weighted by Crippen LogP contribution is -2.47. The van der Waals surface area contributed by atoms with Crippen LogP contribution in [0, 0.1) is 0 Å². The fourth-order valence-corrected chi connectivity index (χ4v) is 4.53. The molecule has 6 rings (SSSR count). The number of hydrogen-bond donors (Lipinski definition) is 3. The number of aromatic hydroxyl groups is 1. The minimum atomic E-state index is -0.967. The van der Waals surface area contributed by atoms with E-state index in [1.165, 1.54) is 10.9 Å². The number of hydrogen-bond acceptors (Lipinski definition) is 8. The van der Waals surface area contributed by atoms with Crippen LogP contribution < -0.4 is 9.80 Å². The Bertz CT molecular complexity index is 1530. The first kappa shape index (κ1) is 20.9. The molecule has 11 heteroatoms. The van der Waals surface area contributed by atoms with E-state index in [-0.39, 0.29) is 12.3 Å². The van der Waals surface area contributed by atoms with Crippen LogP contribution >= 0.6 is 0 Å². The molecule has 4 heterocycles. The van der Waals surface area contributed by atoms with Gasteiger partial charge in [0.25, 0.3) is 0 Å². The van der Waals surface area contributed by atoms with E-state index in [9.17, 15) is 15.0 Å². The second-order valence-corrected chi connectivity index (χ2v) is 8.44. The van der Waals surface area contributed by atoms with Crippen molar-refractivity contribution in [2.75, 3.05) is 36.0 Å². The van der Waals surface area contributed by atoms with Crippen LogP contribution in [0.15, 0.2) is 55.0 Å². The predicted molar refractivity (Wildman–Crippen MR) is 131 cm³/mol. The number of fused-ring (bicyclic) bond motifs is 2. The zero-order chi connectivity index (χ0) is 23.9. The molecule has 1 saturated heterocycles. The van der Waals surface area contributed by atoms with Crippen LogP contribution in [0.2, 0.25) is 0 Å². The average Bonchev–Trinajstić information content (AvgIpc) is 3.51. The number of imidazole rings is 1. The lowest BCUT2D eigenvalue weighted by atomic mass is 10.1. The minimum absolute atomic E-state index is 0.239. The van der Waals surface area contributed by atoms with E-state index in [4.69, 9.17) is 9.97 Å². The fourth-order valence-electron chi connectivity index (χ4n) is 4.53. The zero-order valence-electron chi connectivity index (χ0n) is 18.7. The van der Waals surface area contributed by atoms with Gasteiger partial charge in [-0.15, -0.1) is 0 Å². The van der Waals surface area contributed by atoms with Crippen molar-refractivity contribution in [1.82, 2.24) is 29.7 Å². The Morgan fingerprint density at radius 3 is 2.54 bits per heavy atom. The minimum Gasteiger partial charge on any atom is -0.508 e. The summed E-state index contributed by atoms with van der Waals surface area (Å²) < 4.78 is 1.54. The van der Waals surface area contributed by atoms with E-state index < -0.39 is 5.97 Å². The highest BCUT2D eigenvalue weighted by atomic mass is 16.4. The molecule has 1 fully saturated rings. The smallest absolute Gasteiger partial charge is 0.323 e. The normalized spacial score (nSPS) is 14.2. The van der Waals surface area contributed by atoms with E-state index in [0.29, 0.717) is 35.9 Å². The van der Waals surface area contributed by atoms with E-state index in [2.05, 4.69) is 25.0 Å². The van der Waals surface area contributed by atoms with Gasteiger partial charge in [0.1, 0.15) is 23.5 Å². The van der Waals surface area contributed by atoms with Crippen LogP contribution in [0.4, 0.5) is 11.6 Å². The third-order valence-electron chi connectivity index (χ3n) is 6.27. The van der Waals surface area contributed by atoms with Crippen LogP contribution in [-0.4, -0.2) is 72.1 Å². The van der Waals surface area contributed by atoms with E-state index >= 15 is 0 Å². The first-order chi connectivity index (χ1) is 17.1. The summed E-state index contributed by atoms with van der Waals surface area (Å²) in [5.41, 5.74) is 4.45. The number of rotatable bonds is 5. The lowest BCUT2D eigenvalue weighted by Gasteiger charge is -2.36. The molecule has 35 heavy (non-hydrogen) atoms. The number of phenols is 1. The molecule has 0 unspecified atom stereocenters. The highest BCUT2D eigenvalue weighted by Crippen LogP contribution is 2.32. The maximum Gasteiger partial charge on any atom is 0.323 e. The first-order valence-corrected chi connectivity index (χ1v) is 11.2. The molecule has 0 saturated carbocycles. The maximum absolute atomic E-state index is 11.4. The third-order valence-corrected chi connectivity index (χ3v) is 6.27. The number of aromatic amines is 1. The zero-order valence-corrected chi connectivity index (χ0v) is 18.7. The molecule has 176 valence electrons. The van der Waals surface area contributed by atoms with Gasteiger partial charge in [0, 0.05) is 42.8 Å². The predicted octanol–water partition coefficient (Wildman–Crippen LogP) is 2.49. The second kappa shape index (κ2) is 8.28. The van der Waals surface area contributed by atoms with E-state index in [1.54, 1.807) is 18.3 Å². The number of carbonyl (C=O) groups is 1. The number of benzene rings is 2. The van der Waals surface area contributed by atoms with Gasteiger partial charge in [0.05, 0.1) is 18.0 Å². The number of piperazine rings is 1. The van der Waals surface area contributed by atoms with Gasteiger partial charge < -0.3 is 24.6 Å². The van der Waals surface area contributed by atoms with Crippen molar-refractivity contribution >= 4 is 39.7 Å². The highest BCUT2D eigenvalue weighted by molar-refractivity contribution is 6.00. The Hall–Kier alpha value is -4.67. The summed E-state index contributed by atoms with van der Waals surface area (Å²) in [4.78, 5) is 30.0. The third kappa shape index (κ3) is 3.76. The number of nitrogens with zero attached hydrogens (tertiary/aromatic N) is 7. The summed E-state index contributed by atoms with van der Waals surface area (Å²) in [5, 5.41) is 27.0. The maximum atomic E-state index is 11.4. The molecular weight excluding hydrogens is 448 g/mol. The molecule has 11 nitrogen and oxygen atoms in total. The molecule has 1 aliphatic rings. The SMILES string of the molecule is O=C(O)Cn1cnc2c(-c3cccc4[nH]ncc34)nc(N3CCN(c4ccc(O)cc4)CC3)nc21. The summed E-state index contributed by atoms with van der Waals surface area (Å²) in [6.07, 6.45) is 3.25. The first-order valence-electron chi connectivity index (χ1n) is 11.2. The summed E-state index contributed by atoms with van der Waals surface area (Å²) in [5.74, 6) is -0.191. The molecule has 3 N–H and O–H groups in total. The number of anilines is 2. The Kier molecular flexibility index (Phi) is 4.94. The van der Waals surface area contributed by atoms with Gasteiger partial charge in [-0.3, -0.25) is 9.89 Å². The second-order valence-electron chi connectivity index (χ2n) is 8.44. The van der Waals surface area contributed by atoms with Gasteiger partial charge in [0.15, 0.2) is 5.65 Å². The van der Waals surface area contributed by atoms with Crippen LogP contribution in [-0.2, 0) is 11.3 Å². The number of H-pyrrole nitrogens is 1. The van der Waals surface area contributed by atoms with Crippen LogP contribution in [0.1, 0.15) is 0 Å². The van der Waals surface area contributed by atoms with Crippen LogP contribution in [0.5, 0.6) is 5.75 Å². The Balaban J connectivity index is 1.40. The number of phenolic OH excluding ortho intramolecular Hbond substituents is 1. The molecule has 0 bridgehead atoms. The summed E-state index contributed by atoms with van der Waals surface area (Å²) in [6.45, 7) is 2.65. The van der Waals surface area contributed by atoms with Gasteiger partial charge in [0.2, 0.25) is 5.95 Å². The molecule has 0 radical (unpaired) electrons. The molecule has 0 aliphatic carbocycles. The van der Waals surface area contributed by atoms with Crippen molar-refractivity contribution in [2.24, 2.45) is 0 Å². The Labute approximate surface area is 199 Å². The quantitative estimate of drug-likeness (QED) is 0.354. The van der Waals surface area contributed by atoms with Crippen molar-refractivity contribution in [3.05, 3.63) is 55.0 Å². The number of carboxylic acid groups (broad SMARTS) is 1. The van der Waals surface area contributed by atoms with Gasteiger partial charge in [-0.1, -0.05) is 12.1 Å². The lowest BCUT2D eigenvalue weighted by molar-refractivity contribution is -0.137. The van der Waals surface area contributed by atoms with Crippen LogP contribution in [0.25, 0.3) is 33.3 Å².